The highest BCUT2D eigenvalue weighted by Gasteiger charge is 2.44. The second kappa shape index (κ2) is 14.6. The van der Waals surface area contributed by atoms with Crippen LogP contribution < -0.4 is 20.2 Å². The van der Waals surface area contributed by atoms with Gasteiger partial charge in [-0.3, -0.25) is 0 Å². The lowest BCUT2D eigenvalue weighted by molar-refractivity contribution is -0.0206. The van der Waals surface area contributed by atoms with Gasteiger partial charge in [-0.25, -0.2) is 32.5 Å². The lowest BCUT2D eigenvalue weighted by Crippen LogP contribution is -2.46. The van der Waals surface area contributed by atoms with Gasteiger partial charge >= 0.3 is 5.69 Å². The van der Waals surface area contributed by atoms with Gasteiger partial charge in [-0.2, -0.15) is 10.2 Å². The average molecular weight is 701 g/mol. The van der Waals surface area contributed by atoms with E-state index in [1.165, 1.54) is 34.0 Å². The Hall–Kier alpha value is -5.08. The summed E-state index contributed by atoms with van der Waals surface area (Å²) in [6.45, 7) is 7.97. The summed E-state index contributed by atoms with van der Waals surface area (Å²) in [5.41, 5.74) is 1.93. The minimum absolute atomic E-state index is 0.0121. The number of ether oxygens (including phenoxy) is 2. The summed E-state index contributed by atoms with van der Waals surface area (Å²) in [5, 5.41) is 18.5. The van der Waals surface area contributed by atoms with E-state index in [1.54, 1.807) is 17.9 Å². The number of aromatic nitrogens is 6. The Kier molecular flexibility index (Phi) is 9.87. The summed E-state index contributed by atoms with van der Waals surface area (Å²) in [7, 11) is 0. The molecule has 0 radical (unpaired) electrons. The van der Waals surface area contributed by atoms with Crippen LogP contribution >= 0.6 is 0 Å². The van der Waals surface area contributed by atoms with E-state index in [4.69, 9.17) is 9.47 Å². The molecule has 1 N–H and O–H groups in total. The Morgan fingerprint density at radius 3 is 2.22 bits per heavy atom. The summed E-state index contributed by atoms with van der Waals surface area (Å²) < 4.78 is 45.6. The van der Waals surface area contributed by atoms with Gasteiger partial charge in [0.2, 0.25) is 0 Å². The molecule has 2 aromatic heterocycles. The molecule has 12 nitrogen and oxygen atoms in total. The highest BCUT2D eigenvalue weighted by molar-refractivity contribution is 5.54. The molecular weight excluding hydrogens is 658 g/mol. The zero-order valence-corrected chi connectivity index (χ0v) is 28.7. The van der Waals surface area contributed by atoms with Crippen LogP contribution in [0.2, 0.25) is 0 Å². The number of rotatable bonds is 12. The van der Waals surface area contributed by atoms with Gasteiger partial charge in [-0.05, 0) is 74.4 Å². The average Bonchev–Trinajstić information content (AvgIpc) is 3.90. The van der Waals surface area contributed by atoms with E-state index in [2.05, 4.69) is 37.1 Å². The molecule has 7 rings (SSSR count). The third kappa shape index (κ3) is 7.24. The molecule has 2 aliphatic rings. The summed E-state index contributed by atoms with van der Waals surface area (Å²) in [5.74, 6) is -0.563. The number of hydrogen-bond acceptors (Lipinski definition) is 9. The van der Waals surface area contributed by atoms with Crippen LogP contribution in [0.25, 0.3) is 5.69 Å². The second-order valence-corrected chi connectivity index (χ2v) is 13.3. The van der Waals surface area contributed by atoms with Gasteiger partial charge in [0.05, 0.1) is 37.6 Å². The Labute approximate surface area is 294 Å². The SMILES string of the molecule is CC[C@@H]([C@H](C)O)n1ncn(-c2ccc(N3CCN(c4ccc(OC[C@H]5CO[C@](Cn6cncn6)(c6ccc(F)cc6F)C5)cc4)CC3)cc2)c1=O. The fourth-order valence-electron chi connectivity index (χ4n) is 7.24. The molecule has 0 bridgehead atoms. The lowest BCUT2D eigenvalue weighted by Gasteiger charge is -2.37. The molecule has 14 heteroatoms. The molecule has 2 aliphatic heterocycles. The van der Waals surface area contributed by atoms with Crippen LogP contribution in [-0.4, -0.2) is 79.7 Å². The minimum Gasteiger partial charge on any atom is -0.493 e. The van der Waals surface area contributed by atoms with E-state index in [0.717, 1.165) is 55.1 Å². The van der Waals surface area contributed by atoms with E-state index in [1.807, 2.05) is 43.3 Å². The molecule has 0 aliphatic carbocycles. The number of aliphatic hydroxyl groups excluding tert-OH is 1. The number of benzene rings is 3. The molecule has 4 heterocycles. The van der Waals surface area contributed by atoms with Crippen LogP contribution in [0, 0.1) is 17.6 Å². The molecule has 0 unspecified atom stereocenters. The van der Waals surface area contributed by atoms with Crippen molar-refractivity contribution in [2.24, 2.45) is 5.92 Å². The van der Waals surface area contributed by atoms with Crippen molar-refractivity contribution >= 4 is 11.4 Å². The van der Waals surface area contributed by atoms with Crippen LogP contribution in [0.5, 0.6) is 5.75 Å². The smallest absolute Gasteiger partial charge is 0.350 e. The summed E-state index contributed by atoms with van der Waals surface area (Å²) in [4.78, 5) is 21.7. The van der Waals surface area contributed by atoms with Gasteiger partial charge in [0.1, 0.15) is 42.0 Å². The van der Waals surface area contributed by atoms with Crippen molar-refractivity contribution in [1.82, 2.24) is 29.1 Å². The number of hydrogen-bond donors (Lipinski definition) is 1. The summed E-state index contributed by atoms with van der Waals surface area (Å²) in [6.07, 6.45) is 4.88. The molecule has 3 aromatic carbocycles. The van der Waals surface area contributed by atoms with E-state index < -0.39 is 23.3 Å². The van der Waals surface area contributed by atoms with Gasteiger partial charge in [0.15, 0.2) is 0 Å². The number of halogens is 2. The van der Waals surface area contributed by atoms with Crippen LogP contribution in [-0.2, 0) is 16.9 Å². The highest BCUT2D eigenvalue weighted by Crippen LogP contribution is 2.42. The highest BCUT2D eigenvalue weighted by atomic mass is 19.1. The first-order valence-corrected chi connectivity index (χ1v) is 17.3. The molecule has 4 atom stereocenters. The zero-order valence-electron chi connectivity index (χ0n) is 28.7. The van der Waals surface area contributed by atoms with E-state index in [9.17, 15) is 18.7 Å². The standard InChI is InChI=1S/C37H42F2N8O4/c1-3-35(26(2)48)47-36(49)46(25-42-47)31-7-5-29(6-8-31)43-14-16-44(17-15-43)30-9-11-32(12-10-30)50-20-27-19-37(51-21-27,22-45-24-40-23-41-45)33-13-4-28(38)18-34(33)39/h4-13,18,23-27,35,48H,3,14-17,19-22H2,1-2H3/t26-,27-,35-,37+/m0/s1. The van der Waals surface area contributed by atoms with Crippen molar-refractivity contribution in [3.63, 3.8) is 0 Å². The molecule has 268 valence electrons. The number of piperazine rings is 1. The topological polar surface area (TPSA) is 116 Å². The van der Waals surface area contributed by atoms with E-state index in [0.29, 0.717) is 31.6 Å². The van der Waals surface area contributed by atoms with Gasteiger partial charge < -0.3 is 24.4 Å². The maximum atomic E-state index is 15.0. The lowest BCUT2D eigenvalue weighted by atomic mass is 9.87. The van der Waals surface area contributed by atoms with Gasteiger partial charge in [-0.15, -0.1) is 0 Å². The van der Waals surface area contributed by atoms with Gasteiger partial charge in [0, 0.05) is 55.1 Å². The quantitative estimate of drug-likeness (QED) is 0.200. The minimum atomic E-state index is -1.02. The van der Waals surface area contributed by atoms with Crippen molar-refractivity contribution < 1.29 is 23.4 Å². The first-order valence-electron chi connectivity index (χ1n) is 17.3. The Balaban J connectivity index is 0.923. The van der Waals surface area contributed by atoms with Crippen molar-refractivity contribution in [3.05, 3.63) is 113 Å². The van der Waals surface area contributed by atoms with Crippen LogP contribution in [0.4, 0.5) is 20.2 Å². The third-order valence-corrected chi connectivity index (χ3v) is 9.96. The Morgan fingerprint density at radius 1 is 0.941 bits per heavy atom. The molecular formula is C37H42F2N8O4. The van der Waals surface area contributed by atoms with Crippen molar-refractivity contribution in [3.8, 4) is 11.4 Å². The molecule has 0 amide bonds. The normalized spacial score (nSPS) is 20.5. The number of nitrogens with zero attached hydrogens (tertiary/aromatic N) is 8. The van der Waals surface area contributed by atoms with Crippen molar-refractivity contribution in [2.45, 2.75) is 51.0 Å². The first kappa shape index (κ1) is 34.4. The maximum Gasteiger partial charge on any atom is 0.350 e. The fourth-order valence-corrected chi connectivity index (χ4v) is 7.24. The van der Waals surface area contributed by atoms with Gasteiger partial charge in [-0.1, -0.05) is 13.0 Å². The number of aliphatic hydroxyl groups is 1. The monoisotopic (exact) mass is 700 g/mol. The van der Waals surface area contributed by atoms with Crippen LogP contribution in [0.1, 0.15) is 38.3 Å². The zero-order chi connectivity index (χ0) is 35.5. The van der Waals surface area contributed by atoms with Crippen LogP contribution in [0.15, 0.2) is 90.5 Å². The van der Waals surface area contributed by atoms with E-state index >= 15 is 0 Å². The predicted molar refractivity (Wildman–Crippen MR) is 187 cm³/mol. The number of anilines is 2. The van der Waals surface area contributed by atoms with Gasteiger partial charge in [0.25, 0.3) is 0 Å². The molecule has 2 fully saturated rings. The molecule has 0 saturated carbocycles. The third-order valence-electron chi connectivity index (χ3n) is 9.96. The summed E-state index contributed by atoms with van der Waals surface area (Å²) in [6, 6.07) is 19.2. The van der Waals surface area contributed by atoms with Crippen molar-refractivity contribution in [1.29, 1.82) is 0 Å². The van der Waals surface area contributed by atoms with Crippen molar-refractivity contribution in [2.75, 3.05) is 49.2 Å². The predicted octanol–water partition coefficient (Wildman–Crippen LogP) is 4.57. The maximum absolute atomic E-state index is 15.0. The largest absolute Gasteiger partial charge is 0.493 e. The van der Waals surface area contributed by atoms with Crippen LogP contribution in [0.3, 0.4) is 0 Å². The Morgan fingerprint density at radius 2 is 1.61 bits per heavy atom. The molecule has 2 saturated heterocycles. The fraction of sp³-hybridized carbons (Fsp3) is 0.405. The second-order valence-electron chi connectivity index (χ2n) is 13.3. The molecule has 0 spiro atoms. The summed E-state index contributed by atoms with van der Waals surface area (Å²) >= 11 is 0. The molecule has 5 aromatic rings. The Bertz CT molecular complexity index is 1960. The van der Waals surface area contributed by atoms with E-state index in [-0.39, 0.29) is 24.2 Å². The first-order chi connectivity index (χ1) is 24.7. The molecule has 51 heavy (non-hydrogen) atoms.